The minimum Gasteiger partial charge on any atom is -0.484 e. The Bertz CT molecular complexity index is 1140. The van der Waals surface area contributed by atoms with E-state index in [1.807, 2.05) is 30.3 Å². The Kier molecular flexibility index (Phi) is 7.97. The average Bonchev–Trinajstić information content (AvgIpc) is 2.80. The molecule has 3 aromatic carbocycles. The number of ether oxygens (including phenoxy) is 1. The number of nitrogens with one attached hydrogen (secondary N) is 1. The molecule has 8 heteroatoms. The summed E-state index contributed by atoms with van der Waals surface area (Å²) in [6.07, 6.45) is 0.587. The topological polar surface area (TPSA) is 75.7 Å². The second-order valence-electron chi connectivity index (χ2n) is 7.23. The van der Waals surface area contributed by atoms with Crippen LogP contribution in [0.2, 0.25) is 0 Å². The van der Waals surface area contributed by atoms with Gasteiger partial charge in [0.05, 0.1) is 4.90 Å². The van der Waals surface area contributed by atoms with E-state index < -0.39 is 10.0 Å². The molecule has 0 radical (unpaired) electrons. The van der Waals surface area contributed by atoms with Crippen LogP contribution in [-0.2, 0) is 27.8 Å². The molecule has 3 rings (SSSR count). The molecule has 0 aliphatic rings. The van der Waals surface area contributed by atoms with Crippen molar-refractivity contribution in [2.45, 2.75) is 17.9 Å². The first-order valence-electron chi connectivity index (χ1n) is 10.1. The van der Waals surface area contributed by atoms with Gasteiger partial charge in [0.15, 0.2) is 6.61 Å². The zero-order chi connectivity index (χ0) is 23.0. The third-order valence-corrected chi connectivity index (χ3v) is 6.31. The van der Waals surface area contributed by atoms with Crippen molar-refractivity contribution in [3.63, 3.8) is 0 Å². The number of nitrogens with zero attached hydrogens (tertiary/aromatic N) is 1. The van der Waals surface area contributed by atoms with Gasteiger partial charge in [0.1, 0.15) is 11.6 Å². The third-order valence-electron chi connectivity index (χ3n) is 4.84. The number of carbonyl (C=O) groups excluding carboxylic acids is 1. The number of rotatable bonds is 10. The quantitative estimate of drug-likeness (QED) is 0.508. The van der Waals surface area contributed by atoms with Gasteiger partial charge in [-0.15, -0.1) is 0 Å². The van der Waals surface area contributed by atoms with Crippen molar-refractivity contribution in [2.75, 3.05) is 20.2 Å². The molecule has 3 aromatic rings. The molecule has 0 unspecified atom stereocenters. The van der Waals surface area contributed by atoms with Gasteiger partial charge in [-0.1, -0.05) is 48.5 Å². The van der Waals surface area contributed by atoms with Crippen molar-refractivity contribution in [1.29, 1.82) is 0 Å². The van der Waals surface area contributed by atoms with E-state index in [4.69, 9.17) is 4.74 Å². The van der Waals surface area contributed by atoms with Gasteiger partial charge < -0.3 is 9.64 Å². The van der Waals surface area contributed by atoms with E-state index in [9.17, 15) is 17.6 Å². The number of sulfonamides is 1. The fraction of sp³-hybridized carbons (Fsp3) is 0.208. The van der Waals surface area contributed by atoms with Gasteiger partial charge in [0.2, 0.25) is 10.0 Å². The van der Waals surface area contributed by atoms with E-state index in [1.54, 1.807) is 25.2 Å². The van der Waals surface area contributed by atoms with Crippen molar-refractivity contribution in [3.8, 4) is 5.75 Å². The lowest BCUT2D eigenvalue weighted by molar-refractivity contribution is -0.132. The highest BCUT2D eigenvalue weighted by Gasteiger charge is 2.15. The van der Waals surface area contributed by atoms with Crippen molar-refractivity contribution in [2.24, 2.45) is 0 Å². The highest BCUT2D eigenvalue weighted by atomic mass is 32.2. The van der Waals surface area contributed by atoms with E-state index in [2.05, 4.69) is 4.72 Å². The van der Waals surface area contributed by atoms with Crippen molar-refractivity contribution >= 4 is 15.9 Å². The van der Waals surface area contributed by atoms with Crippen molar-refractivity contribution < 1.29 is 22.3 Å². The molecule has 32 heavy (non-hydrogen) atoms. The summed E-state index contributed by atoms with van der Waals surface area (Å²) in [6, 6.07) is 21.7. The monoisotopic (exact) mass is 456 g/mol. The fourth-order valence-electron chi connectivity index (χ4n) is 3.00. The Hall–Kier alpha value is -3.23. The Balaban J connectivity index is 1.49. The first-order valence-corrected chi connectivity index (χ1v) is 11.6. The lowest BCUT2D eigenvalue weighted by atomic mass is 10.2. The predicted molar refractivity (Wildman–Crippen MR) is 120 cm³/mol. The fourth-order valence-corrected chi connectivity index (χ4v) is 4.03. The van der Waals surface area contributed by atoms with Crippen molar-refractivity contribution in [1.82, 2.24) is 9.62 Å². The van der Waals surface area contributed by atoms with E-state index in [1.165, 1.54) is 35.2 Å². The second-order valence-corrected chi connectivity index (χ2v) is 9.00. The molecule has 0 aromatic heterocycles. The minimum atomic E-state index is -3.65. The lowest BCUT2D eigenvalue weighted by Gasteiger charge is -2.18. The Morgan fingerprint density at radius 1 is 0.969 bits per heavy atom. The standard InChI is InChI=1S/C24H25FN2O4S/c1-27(17-20-9-5-6-10-23(20)25)24(28)18-31-21-11-13-22(14-12-21)32(29,30)26-16-15-19-7-3-2-4-8-19/h2-14,26H,15-18H2,1H3. The van der Waals surface area contributed by atoms with E-state index in [0.29, 0.717) is 17.7 Å². The van der Waals surface area contributed by atoms with Crippen LogP contribution in [0.4, 0.5) is 4.39 Å². The maximum absolute atomic E-state index is 13.7. The number of amides is 1. The molecule has 168 valence electrons. The summed E-state index contributed by atoms with van der Waals surface area (Å²) in [5, 5.41) is 0. The highest BCUT2D eigenvalue weighted by Crippen LogP contribution is 2.16. The normalized spacial score (nSPS) is 11.2. The molecule has 6 nitrogen and oxygen atoms in total. The minimum absolute atomic E-state index is 0.112. The van der Waals surface area contributed by atoms with Crippen LogP contribution in [0, 0.1) is 5.82 Å². The number of carbonyl (C=O) groups is 1. The maximum Gasteiger partial charge on any atom is 0.260 e. The number of benzene rings is 3. The third kappa shape index (κ3) is 6.63. The first kappa shape index (κ1) is 23.4. The Morgan fingerprint density at radius 3 is 2.31 bits per heavy atom. The molecule has 0 spiro atoms. The molecule has 1 N–H and O–H groups in total. The molecular weight excluding hydrogens is 431 g/mol. The lowest BCUT2D eigenvalue weighted by Crippen LogP contribution is -2.31. The Labute approximate surface area is 187 Å². The smallest absolute Gasteiger partial charge is 0.260 e. The first-order chi connectivity index (χ1) is 15.3. The number of halogens is 1. The van der Waals surface area contributed by atoms with Gasteiger partial charge >= 0.3 is 0 Å². The van der Waals surface area contributed by atoms with Crippen LogP contribution in [0.5, 0.6) is 5.75 Å². The SMILES string of the molecule is CN(Cc1ccccc1F)C(=O)COc1ccc(S(=O)(=O)NCCc2ccccc2)cc1. The van der Waals surface area contributed by atoms with Crippen molar-refractivity contribution in [3.05, 3.63) is 95.8 Å². The molecule has 0 heterocycles. The summed E-state index contributed by atoms with van der Waals surface area (Å²) in [7, 11) is -2.08. The molecule has 0 aliphatic heterocycles. The molecule has 0 fully saturated rings. The summed E-state index contributed by atoms with van der Waals surface area (Å²) in [4.78, 5) is 13.7. The Morgan fingerprint density at radius 2 is 1.62 bits per heavy atom. The highest BCUT2D eigenvalue weighted by molar-refractivity contribution is 7.89. The van der Waals surface area contributed by atoms with E-state index in [0.717, 1.165) is 5.56 Å². The van der Waals surface area contributed by atoms with Crippen LogP contribution in [-0.4, -0.2) is 39.4 Å². The number of likely N-dealkylation sites (N-methyl/N-ethyl adjacent to an activating group) is 1. The van der Waals surface area contributed by atoms with Gasteiger partial charge in [-0.3, -0.25) is 4.79 Å². The van der Waals surface area contributed by atoms with Gasteiger partial charge in [-0.05, 0) is 42.3 Å². The largest absolute Gasteiger partial charge is 0.484 e. The summed E-state index contributed by atoms with van der Waals surface area (Å²) < 4.78 is 46.7. The second kappa shape index (κ2) is 10.9. The number of hydrogen-bond donors (Lipinski definition) is 1. The molecular formula is C24H25FN2O4S. The molecule has 0 saturated heterocycles. The summed E-state index contributed by atoms with van der Waals surface area (Å²) in [6.45, 7) is 0.167. The molecule has 0 bridgehead atoms. The van der Waals surface area contributed by atoms with Crippen LogP contribution in [0.1, 0.15) is 11.1 Å². The van der Waals surface area contributed by atoms with Crippen LogP contribution in [0.3, 0.4) is 0 Å². The zero-order valence-electron chi connectivity index (χ0n) is 17.7. The van der Waals surface area contributed by atoms with Gasteiger partial charge in [0, 0.05) is 25.7 Å². The molecule has 0 saturated carbocycles. The van der Waals surface area contributed by atoms with E-state index >= 15 is 0 Å². The summed E-state index contributed by atoms with van der Waals surface area (Å²) in [5.41, 5.74) is 1.46. The van der Waals surface area contributed by atoms with E-state index in [-0.39, 0.29) is 36.3 Å². The summed E-state index contributed by atoms with van der Waals surface area (Å²) in [5.74, 6) is -0.337. The number of hydrogen-bond acceptors (Lipinski definition) is 4. The van der Waals surface area contributed by atoms with Crippen LogP contribution in [0.15, 0.2) is 83.8 Å². The maximum atomic E-state index is 13.7. The van der Waals surface area contributed by atoms with Gasteiger partial charge in [-0.25, -0.2) is 17.5 Å². The zero-order valence-corrected chi connectivity index (χ0v) is 18.5. The molecule has 0 atom stereocenters. The predicted octanol–water partition coefficient (Wildman–Crippen LogP) is 3.38. The van der Waals surface area contributed by atoms with Crippen LogP contribution >= 0.6 is 0 Å². The molecule has 1 amide bonds. The van der Waals surface area contributed by atoms with Crippen LogP contribution in [0.25, 0.3) is 0 Å². The molecule has 0 aliphatic carbocycles. The van der Waals surface area contributed by atoms with Gasteiger partial charge in [0.25, 0.3) is 5.91 Å². The van der Waals surface area contributed by atoms with Crippen LogP contribution < -0.4 is 9.46 Å². The summed E-state index contributed by atoms with van der Waals surface area (Å²) >= 11 is 0. The average molecular weight is 457 g/mol. The van der Waals surface area contributed by atoms with Gasteiger partial charge in [-0.2, -0.15) is 0 Å².